The summed E-state index contributed by atoms with van der Waals surface area (Å²) in [7, 11) is 0. The number of nitrogens with zero attached hydrogens (tertiary/aromatic N) is 2. The lowest BCUT2D eigenvalue weighted by molar-refractivity contribution is -0.131. The molecule has 312 valence electrons. The van der Waals surface area contributed by atoms with E-state index in [9.17, 15) is 14.4 Å². The molecule has 7 aromatic rings. The second-order valence-corrected chi connectivity index (χ2v) is 17.1. The van der Waals surface area contributed by atoms with Crippen molar-refractivity contribution in [2.24, 2.45) is 11.8 Å². The maximum absolute atomic E-state index is 14.6. The molecule has 10 bridgehead atoms. The third-order valence-electron chi connectivity index (χ3n) is 12.6. The molecular weight excluding hydrogens is 787 g/mol. The van der Waals surface area contributed by atoms with Gasteiger partial charge in [0.1, 0.15) is 35.9 Å². The van der Waals surface area contributed by atoms with Gasteiger partial charge in [0.05, 0.1) is 6.20 Å². The van der Waals surface area contributed by atoms with Gasteiger partial charge in [0.15, 0.2) is 23.4 Å². The molecule has 5 N–H and O–H groups in total. The Morgan fingerprint density at radius 3 is 2.56 bits per heavy atom. The summed E-state index contributed by atoms with van der Waals surface area (Å²) in [5.41, 5.74) is 7.22. The zero-order valence-electron chi connectivity index (χ0n) is 34.4. The van der Waals surface area contributed by atoms with Crippen LogP contribution in [0.4, 0.5) is 10.5 Å². The van der Waals surface area contributed by atoms with Gasteiger partial charge in [-0.25, -0.2) is 14.8 Å². The van der Waals surface area contributed by atoms with E-state index in [4.69, 9.17) is 28.3 Å². The van der Waals surface area contributed by atoms with Crippen LogP contribution in [0.25, 0.3) is 44.9 Å². The fourth-order valence-corrected chi connectivity index (χ4v) is 9.55. The number of hydrogen-bond acceptors (Lipinski definition) is 10. The van der Waals surface area contributed by atoms with Crippen LogP contribution in [0.15, 0.2) is 106 Å². The molecule has 62 heavy (non-hydrogen) atoms. The van der Waals surface area contributed by atoms with Crippen molar-refractivity contribution < 1.29 is 32.7 Å². The summed E-state index contributed by atoms with van der Waals surface area (Å²) in [6, 6.07) is 24.7. The molecule has 4 aromatic carbocycles. The van der Waals surface area contributed by atoms with Crippen LogP contribution >= 0.6 is 0 Å². The number of oxazole rings is 2. The van der Waals surface area contributed by atoms with E-state index in [0.29, 0.717) is 23.0 Å². The van der Waals surface area contributed by atoms with Crippen LogP contribution in [0.3, 0.4) is 0 Å². The molecule has 4 aliphatic rings. The predicted molar refractivity (Wildman–Crippen MR) is 229 cm³/mol. The Hall–Kier alpha value is -7.35. The number of hydrogen-bond donors (Lipinski definition) is 5. The summed E-state index contributed by atoms with van der Waals surface area (Å²) in [6.45, 7) is 7.61. The first-order chi connectivity index (χ1) is 30.1. The number of carbonyl (C=O) groups is 3. The molecule has 0 radical (unpaired) electrons. The number of nitrogens with one attached hydrogen (secondary N) is 5. The number of rotatable bonds is 7. The van der Waals surface area contributed by atoms with Crippen molar-refractivity contribution in [3.8, 4) is 39.8 Å². The molecule has 0 aliphatic carbocycles. The molecule has 11 rings (SSSR count). The number of ether oxygens (including phenoxy) is 2. The topological polar surface area (TPSA) is 186 Å². The fourth-order valence-electron chi connectivity index (χ4n) is 9.55. The van der Waals surface area contributed by atoms with Crippen LogP contribution in [0.5, 0.6) is 5.75 Å². The number of benzene rings is 4. The Labute approximate surface area is 355 Å². The molecule has 7 heterocycles. The first-order valence-corrected chi connectivity index (χ1v) is 20.9. The van der Waals surface area contributed by atoms with Gasteiger partial charge in [0, 0.05) is 51.5 Å². The summed E-state index contributed by atoms with van der Waals surface area (Å²) < 4.78 is 26.0. The van der Waals surface area contributed by atoms with E-state index in [0.717, 1.165) is 55.5 Å². The number of anilines is 1. The minimum absolute atomic E-state index is 0.0393. The number of aromatic amines is 1. The number of carbonyl (C=O) groups excluding carboxylic acids is 3. The van der Waals surface area contributed by atoms with Crippen molar-refractivity contribution in [3.05, 3.63) is 131 Å². The normalized spacial score (nSPS) is 20.6. The highest BCUT2D eigenvalue weighted by atomic mass is 16.5. The van der Waals surface area contributed by atoms with Gasteiger partial charge in [-0.15, -0.1) is 0 Å². The smallest absolute Gasteiger partial charge is 0.408 e. The molecule has 0 saturated heterocycles. The first kappa shape index (κ1) is 37.6. The molecule has 0 saturated carbocycles. The van der Waals surface area contributed by atoms with Crippen LogP contribution < -0.4 is 26.0 Å². The monoisotopic (exact) mass is 829 g/mol. The lowest BCUT2D eigenvalue weighted by Crippen LogP contribution is -2.56. The molecule has 1 unspecified atom stereocenters. The standard InChI is InChI=1S/C48H43N7O7/c1-23(2)37(55-47(58)59-22-25-10-6-5-7-11-25)43(57)51-33-19-26-16-17-34-31(18-26)48-30-14-8-13-28(39(30)54-46(48)61-34)27-12-9-15-32-36(27)29(20-49-32)35-21-50-44(60-35)40-41(48)62-45(53-40)38(24(3)4)52-42(33)56/h5-18,20-21,23-24,33,37-38,46,49,54H,19,22H2,1-4H3,(H,51,57)(H,52,56)(H,55,58)/t33-,37-,38-,46-,48?/m0/s1. The first-order valence-electron chi connectivity index (χ1n) is 20.9. The molecule has 3 aromatic heterocycles. The largest absolute Gasteiger partial charge is 0.469 e. The fraction of sp³-hybridized carbons (Fsp3) is 0.271. The molecule has 0 fully saturated rings. The summed E-state index contributed by atoms with van der Waals surface area (Å²) in [6.07, 6.45) is 2.35. The second-order valence-electron chi connectivity index (χ2n) is 17.1. The van der Waals surface area contributed by atoms with Gasteiger partial charge in [-0.3, -0.25) is 9.59 Å². The number of para-hydroxylation sites is 1. The van der Waals surface area contributed by atoms with Crippen LogP contribution in [-0.2, 0) is 32.8 Å². The highest BCUT2D eigenvalue weighted by Gasteiger charge is 2.61. The number of aromatic nitrogens is 3. The van der Waals surface area contributed by atoms with Gasteiger partial charge in [-0.1, -0.05) is 100 Å². The van der Waals surface area contributed by atoms with E-state index in [2.05, 4.69) is 50.5 Å². The average Bonchev–Trinajstić information content (AvgIpc) is 4.10. The van der Waals surface area contributed by atoms with E-state index in [1.165, 1.54) is 0 Å². The number of H-pyrrole nitrogens is 1. The summed E-state index contributed by atoms with van der Waals surface area (Å²) in [4.78, 5) is 55.2. The third-order valence-corrected chi connectivity index (χ3v) is 12.6. The Balaban J connectivity index is 1.05. The van der Waals surface area contributed by atoms with Crippen molar-refractivity contribution >= 4 is 34.5 Å². The van der Waals surface area contributed by atoms with Crippen LogP contribution in [-0.4, -0.2) is 51.2 Å². The summed E-state index contributed by atoms with van der Waals surface area (Å²) in [5, 5.41) is 13.7. The van der Waals surface area contributed by atoms with Gasteiger partial charge in [0.2, 0.25) is 23.6 Å². The highest BCUT2D eigenvalue weighted by molar-refractivity contribution is 6.07. The Kier molecular flexibility index (Phi) is 8.57. The highest BCUT2D eigenvalue weighted by Crippen LogP contribution is 2.61. The lowest BCUT2D eigenvalue weighted by atomic mass is 9.72. The molecular formula is C48H43N7O7. The third kappa shape index (κ3) is 5.72. The maximum Gasteiger partial charge on any atom is 0.408 e. The summed E-state index contributed by atoms with van der Waals surface area (Å²) >= 11 is 0. The maximum atomic E-state index is 14.6. The van der Waals surface area contributed by atoms with E-state index in [-0.39, 0.29) is 36.6 Å². The number of amides is 3. The molecule has 4 aliphatic heterocycles. The molecule has 1 spiro atoms. The molecule has 5 atom stereocenters. The van der Waals surface area contributed by atoms with Gasteiger partial charge in [-0.05, 0) is 40.7 Å². The van der Waals surface area contributed by atoms with Crippen molar-refractivity contribution in [2.75, 3.05) is 5.32 Å². The van der Waals surface area contributed by atoms with E-state index < -0.39 is 47.7 Å². The zero-order valence-corrected chi connectivity index (χ0v) is 34.4. The summed E-state index contributed by atoms with van der Waals surface area (Å²) in [5.74, 6) is 0.618. The quantitative estimate of drug-likeness (QED) is 0.106. The van der Waals surface area contributed by atoms with Crippen LogP contribution in [0, 0.1) is 11.8 Å². The second kappa shape index (κ2) is 14.1. The Morgan fingerprint density at radius 2 is 1.74 bits per heavy atom. The minimum Gasteiger partial charge on any atom is -0.469 e. The SMILES string of the molecule is CC(C)[C@H](NC(=O)OCc1ccccc1)C(=O)N[C@H]1Cc2ccc3c(c2)C24c5cccc(c5N[C@H]2O3)-c2cccc3[nH]cc(c23)-c2cnc(o2)-c2nc(oc24)[C@H](C(C)C)NC1=O. The van der Waals surface area contributed by atoms with Crippen LogP contribution in [0.1, 0.15) is 67.6 Å². The Morgan fingerprint density at radius 1 is 0.919 bits per heavy atom. The van der Waals surface area contributed by atoms with Crippen LogP contribution in [0.2, 0.25) is 0 Å². The van der Waals surface area contributed by atoms with Crippen molar-refractivity contribution in [1.29, 1.82) is 0 Å². The number of alkyl carbamates (subject to hydrolysis) is 1. The van der Waals surface area contributed by atoms with Gasteiger partial charge in [-0.2, -0.15) is 0 Å². The predicted octanol–water partition coefficient (Wildman–Crippen LogP) is 7.74. The Bertz CT molecular complexity index is 2950. The van der Waals surface area contributed by atoms with Gasteiger partial charge in [0.25, 0.3) is 0 Å². The van der Waals surface area contributed by atoms with Crippen molar-refractivity contribution in [1.82, 2.24) is 30.9 Å². The van der Waals surface area contributed by atoms with E-state index in [1.54, 1.807) is 6.20 Å². The van der Waals surface area contributed by atoms with Gasteiger partial charge >= 0.3 is 6.09 Å². The molecule has 3 amide bonds. The minimum atomic E-state index is -1.10. The zero-order chi connectivity index (χ0) is 42.4. The average molecular weight is 830 g/mol. The van der Waals surface area contributed by atoms with Gasteiger partial charge < -0.3 is 44.6 Å². The lowest BCUT2D eigenvalue weighted by Gasteiger charge is -2.29. The molecule has 14 heteroatoms. The van der Waals surface area contributed by atoms with E-state index >= 15 is 0 Å². The molecule has 14 nitrogen and oxygen atoms in total. The van der Waals surface area contributed by atoms with E-state index in [1.807, 2.05) is 94.6 Å². The van der Waals surface area contributed by atoms with Crippen molar-refractivity contribution in [2.45, 2.75) is 70.5 Å². The van der Waals surface area contributed by atoms with Crippen molar-refractivity contribution in [3.63, 3.8) is 0 Å². The number of fused-ring (bicyclic) bond motifs is 7.